The summed E-state index contributed by atoms with van der Waals surface area (Å²) in [4.78, 5) is 11.1. The molecule has 4 heteroatoms. The Hall–Kier alpha value is -0.380. The van der Waals surface area contributed by atoms with Gasteiger partial charge in [0.05, 0.1) is 0 Å². The number of carbonyl (C=O) groups excluding carboxylic acids is 1. The first-order chi connectivity index (χ1) is 6.81. The molecule has 0 rings (SSSR count). The molecule has 0 spiro atoms. The molecule has 2 N–H and O–H groups in total. The van der Waals surface area contributed by atoms with E-state index in [0.717, 1.165) is 31.7 Å². The molecule has 0 aliphatic heterocycles. The molecule has 2 amide bonds. The van der Waals surface area contributed by atoms with Crippen LogP contribution >= 0.6 is 11.8 Å². The molecule has 0 saturated carbocycles. The zero-order valence-electron chi connectivity index (χ0n) is 9.27. The summed E-state index contributed by atoms with van der Waals surface area (Å²) in [6.07, 6.45) is 3.28. The van der Waals surface area contributed by atoms with Crippen LogP contribution in [0.4, 0.5) is 4.79 Å². The summed E-state index contributed by atoms with van der Waals surface area (Å²) in [6.45, 7) is 5.77. The third-order valence-corrected chi connectivity index (χ3v) is 2.91. The van der Waals surface area contributed by atoms with Crippen molar-refractivity contribution in [2.45, 2.75) is 33.1 Å². The van der Waals surface area contributed by atoms with Crippen LogP contribution in [-0.4, -0.2) is 30.6 Å². The van der Waals surface area contributed by atoms with Crippen LogP contribution in [0, 0.1) is 0 Å². The average Bonchev–Trinajstić information content (AvgIpc) is 2.20. The van der Waals surface area contributed by atoms with Crippen molar-refractivity contribution >= 4 is 17.8 Å². The van der Waals surface area contributed by atoms with E-state index in [1.54, 1.807) is 0 Å². The lowest BCUT2D eigenvalue weighted by Crippen LogP contribution is -2.36. The Bertz CT molecular complexity index is 142. The second-order valence-electron chi connectivity index (χ2n) is 3.15. The molecule has 0 fully saturated rings. The Morgan fingerprint density at radius 1 is 1.07 bits per heavy atom. The third-order valence-electron chi connectivity index (χ3n) is 1.64. The first kappa shape index (κ1) is 13.6. The zero-order chi connectivity index (χ0) is 10.6. The van der Waals surface area contributed by atoms with Crippen molar-refractivity contribution in [3.63, 3.8) is 0 Å². The van der Waals surface area contributed by atoms with E-state index < -0.39 is 0 Å². The fourth-order valence-electron chi connectivity index (χ4n) is 0.924. The van der Waals surface area contributed by atoms with E-state index in [0.29, 0.717) is 0 Å². The van der Waals surface area contributed by atoms with E-state index in [2.05, 4.69) is 17.6 Å². The number of carbonyl (C=O) groups is 1. The maximum atomic E-state index is 11.1. The predicted octanol–water partition coefficient (Wildman–Crippen LogP) is 2.23. The third kappa shape index (κ3) is 9.71. The molecule has 0 aromatic carbocycles. The molecule has 0 bridgehead atoms. The van der Waals surface area contributed by atoms with E-state index in [1.807, 2.05) is 18.7 Å². The lowest BCUT2D eigenvalue weighted by molar-refractivity contribution is 0.241. The van der Waals surface area contributed by atoms with E-state index in [9.17, 15) is 4.79 Å². The van der Waals surface area contributed by atoms with Crippen molar-refractivity contribution in [1.82, 2.24) is 10.6 Å². The number of rotatable bonds is 8. The maximum Gasteiger partial charge on any atom is 0.314 e. The van der Waals surface area contributed by atoms with E-state index in [4.69, 9.17) is 0 Å². The molecule has 0 atom stereocenters. The Balaban J connectivity index is 3.07. The standard InChI is InChI=1S/C10H22N2OS/c1-3-6-11-10(13)12-7-5-9-14-8-4-2/h3-9H2,1-2H3,(H2,11,12,13). The first-order valence-corrected chi connectivity index (χ1v) is 6.56. The molecular formula is C10H22N2OS. The van der Waals surface area contributed by atoms with Crippen molar-refractivity contribution in [3.05, 3.63) is 0 Å². The van der Waals surface area contributed by atoms with Gasteiger partial charge in [0.15, 0.2) is 0 Å². The van der Waals surface area contributed by atoms with Crippen LogP contribution in [0.3, 0.4) is 0 Å². The van der Waals surface area contributed by atoms with Gasteiger partial charge >= 0.3 is 6.03 Å². The Morgan fingerprint density at radius 3 is 2.43 bits per heavy atom. The summed E-state index contributed by atoms with van der Waals surface area (Å²) in [5.74, 6) is 2.37. The minimum Gasteiger partial charge on any atom is -0.338 e. The summed E-state index contributed by atoms with van der Waals surface area (Å²) in [7, 11) is 0. The van der Waals surface area contributed by atoms with Crippen molar-refractivity contribution in [2.24, 2.45) is 0 Å². The number of amides is 2. The fourth-order valence-corrected chi connectivity index (χ4v) is 1.76. The highest BCUT2D eigenvalue weighted by atomic mass is 32.2. The van der Waals surface area contributed by atoms with Crippen molar-refractivity contribution in [2.75, 3.05) is 24.6 Å². The molecule has 0 heterocycles. The van der Waals surface area contributed by atoms with Gasteiger partial charge in [-0.3, -0.25) is 0 Å². The van der Waals surface area contributed by atoms with E-state index in [1.165, 1.54) is 12.2 Å². The fraction of sp³-hybridized carbons (Fsp3) is 0.900. The average molecular weight is 218 g/mol. The smallest absolute Gasteiger partial charge is 0.314 e. The summed E-state index contributed by atoms with van der Waals surface area (Å²) in [5.41, 5.74) is 0. The summed E-state index contributed by atoms with van der Waals surface area (Å²) in [6, 6.07) is -0.0349. The summed E-state index contributed by atoms with van der Waals surface area (Å²) >= 11 is 1.95. The van der Waals surface area contributed by atoms with Gasteiger partial charge in [-0.05, 0) is 30.8 Å². The minimum atomic E-state index is -0.0349. The normalized spacial score (nSPS) is 9.86. The Morgan fingerprint density at radius 2 is 1.79 bits per heavy atom. The number of hydrogen-bond donors (Lipinski definition) is 2. The van der Waals surface area contributed by atoms with Crippen molar-refractivity contribution < 1.29 is 4.79 Å². The highest BCUT2D eigenvalue weighted by Crippen LogP contribution is 2.02. The second kappa shape index (κ2) is 10.7. The molecule has 0 unspecified atom stereocenters. The van der Waals surface area contributed by atoms with Crippen LogP contribution in [0.2, 0.25) is 0 Å². The van der Waals surface area contributed by atoms with Gasteiger partial charge in [0.25, 0.3) is 0 Å². The number of hydrogen-bond acceptors (Lipinski definition) is 2. The van der Waals surface area contributed by atoms with Crippen LogP contribution in [0.25, 0.3) is 0 Å². The van der Waals surface area contributed by atoms with Gasteiger partial charge in [-0.2, -0.15) is 11.8 Å². The molecule has 0 aromatic heterocycles. The predicted molar refractivity (Wildman–Crippen MR) is 63.9 cm³/mol. The molecule has 3 nitrogen and oxygen atoms in total. The first-order valence-electron chi connectivity index (χ1n) is 5.40. The van der Waals surface area contributed by atoms with Gasteiger partial charge in [0.1, 0.15) is 0 Å². The Labute approximate surface area is 91.4 Å². The Kier molecular flexibility index (Phi) is 10.4. The lowest BCUT2D eigenvalue weighted by atomic mass is 10.5. The maximum absolute atomic E-state index is 11.1. The van der Waals surface area contributed by atoms with E-state index in [-0.39, 0.29) is 6.03 Å². The molecule has 0 radical (unpaired) electrons. The molecule has 0 saturated heterocycles. The lowest BCUT2D eigenvalue weighted by Gasteiger charge is -2.05. The summed E-state index contributed by atoms with van der Waals surface area (Å²) in [5, 5.41) is 5.61. The highest BCUT2D eigenvalue weighted by molar-refractivity contribution is 7.99. The molecule has 0 aliphatic rings. The van der Waals surface area contributed by atoms with Crippen molar-refractivity contribution in [3.8, 4) is 0 Å². The van der Waals surface area contributed by atoms with Crippen LogP contribution in [0.5, 0.6) is 0 Å². The molecular weight excluding hydrogens is 196 g/mol. The highest BCUT2D eigenvalue weighted by Gasteiger charge is 1.96. The largest absolute Gasteiger partial charge is 0.338 e. The van der Waals surface area contributed by atoms with Crippen molar-refractivity contribution in [1.29, 1.82) is 0 Å². The van der Waals surface area contributed by atoms with Crippen LogP contribution in [0.1, 0.15) is 33.1 Å². The van der Waals surface area contributed by atoms with Gasteiger partial charge in [0, 0.05) is 13.1 Å². The number of nitrogens with one attached hydrogen (secondary N) is 2. The van der Waals surface area contributed by atoms with Gasteiger partial charge in [-0.15, -0.1) is 0 Å². The topological polar surface area (TPSA) is 41.1 Å². The van der Waals surface area contributed by atoms with Gasteiger partial charge in [0.2, 0.25) is 0 Å². The van der Waals surface area contributed by atoms with Gasteiger partial charge < -0.3 is 10.6 Å². The van der Waals surface area contributed by atoms with Crippen LogP contribution < -0.4 is 10.6 Å². The van der Waals surface area contributed by atoms with E-state index >= 15 is 0 Å². The second-order valence-corrected chi connectivity index (χ2v) is 4.37. The van der Waals surface area contributed by atoms with Crippen LogP contribution in [-0.2, 0) is 0 Å². The molecule has 84 valence electrons. The molecule has 14 heavy (non-hydrogen) atoms. The number of thioether (sulfide) groups is 1. The minimum absolute atomic E-state index is 0.0349. The molecule has 0 aromatic rings. The summed E-state index contributed by atoms with van der Waals surface area (Å²) < 4.78 is 0. The molecule has 0 aliphatic carbocycles. The quantitative estimate of drug-likeness (QED) is 0.613. The van der Waals surface area contributed by atoms with Gasteiger partial charge in [-0.25, -0.2) is 4.79 Å². The SMILES string of the molecule is CCCNC(=O)NCCCSCCC. The number of urea groups is 1. The monoisotopic (exact) mass is 218 g/mol. The van der Waals surface area contributed by atoms with Gasteiger partial charge in [-0.1, -0.05) is 13.8 Å². The van der Waals surface area contributed by atoms with Crippen LogP contribution in [0.15, 0.2) is 0 Å². The zero-order valence-corrected chi connectivity index (χ0v) is 10.1.